The van der Waals surface area contributed by atoms with Gasteiger partial charge in [-0.25, -0.2) is 4.79 Å². The predicted molar refractivity (Wildman–Crippen MR) is 78.0 cm³/mol. The first-order valence-corrected chi connectivity index (χ1v) is 7.43. The lowest BCUT2D eigenvalue weighted by atomic mass is 10.1. The van der Waals surface area contributed by atoms with Crippen molar-refractivity contribution in [2.75, 3.05) is 6.61 Å². The summed E-state index contributed by atoms with van der Waals surface area (Å²) in [6, 6.07) is 3.25. The second-order valence-corrected chi connectivity index (χ2v) is 6.15. The van der Waals surface area contributed by atoms with Crippen molar-refractivity contribution in [2.24, 2.45) is 5.92 Å². The highest BCUT2D eigenvalue weighted by Crippen LogP contribution is 2.16. The lowest BCUT2D eigenvalue weighted by Gasteiger charge is -2.13. The number of aromatic carboxylic acids is 1. The Balaban J connectivity index is 2.32. The van der Waals surface area contributed by atoms with Gasteiger partial charge in [-0.2, -0.15) is 0 Å². The van der Waals surface area contributed by atoms with E-state index in [1.165, 1.54) is 6.07 Å². The number of carboxylic acid groups (broad SMARTS) is 1. The highest BCUT2D eigenvalue weighted by atomic mass is 32.1. The molecule has 1 aromatic rings. The SMILES string of the molecule is CC(C)CCOC(C)C(=O)NCc1ccc(C(=O)O)s1. The van der Waals surface area contributed by atoms with Crippen LogP contribution in [0.5, 0.6) is 0 Å². The summed E-state index contributed by atoms with van der Waals surface area (Å²) in [6.45, 7) is 6.81. The van der Waals surface area contributed by atoms with E-state index in [0.717, 1.165) is 22.6 Å². The van der Waals surface area contributed by atoms with Crippen molar-refractivity contribution in [3.63, 3.8) is 0 Å². The quantitative estimate of drug-likeness (QED) is 0.773. The molecule has 0 aliphatic rings. The van der Waals surface area contributed by atoms with Crippen molar-refractivity contribution in [2.45, 2.75) is 39.8 Å². The molecule has 0 bridgehead atoms. The molecule has 6 heteroatoms. The smallest absolute Gasteiger partial charge is 0.345 e. The Kier molecular flexibility index (Phi) is 6.67. The van der Waals surface area contributed by atoms with E-state index in [-0.39, 0.29) is 10.8 Å². The van der Waals surface area contributed by atoms with Crippen LogP contribution in [-0.4, -0.2) is 29.7 Å². The Morgan fingerprint density at radius 1 is 1.35 bits per heavy atom. The van der Waals surface area contributed by atoms with Crippen LogP contribution < -0.4 is 5.32 Å². The number of amides is 1. The van der Waals surface area contributed by atoms with Gasteiger partial charge in [-0.3, -0.25) is 4.79 Å². The third kappa shape index (κ3) is 5.71. The number of ether oxygens (including phenoxy) is 1. The summed E-state index contributed by atoms with van der Waals surface area (Å²) in [6.07, 6.45) is 0.428. The third-order valence-electron chi connectivity index (χ3n) is 2.74. The first-order chi connectivity index (χ1) is 9.40. The second-order valence-electron chi connectivity index (χ2n) is 4.98. The monoisotopic (exact) mass is 299 g/mol. The van der Waals surface area contributed by atoms with E-state index in [0.29, 0.717) is 19.1 Å². The fraction of sp³-hybridized carbons (Fsp3) is 0.571. The van der Waals surface area contributed by atoms with Gasteiger partial charge < -0.3 is 15.2 Å². The van der Waals surface area contributed by atoms with Gasteiger partial charge in [0.15, 0.2) is 0 Å². The molecule has 1 amide bonds. The number of thiophene rings is 1. The molecule has 1 heterocycles. The maximum Gasteiger partial charge on any atom is 0.345 e. The molecule has 5 nitrogen and oxygen atoms in total. The van der Waals surface area contributed by atoms with Crippen molar-refractivity contribution in [3.8, 4) is 0 Å². The summed E-state index contributed by atoms with van der Waals surface area (Å²) < 4.78 is 5.44. The minimum Gasteiger partial charge on any atom is -0.477 e. The van der Waals surface area contributed by atoms with Crippen molar-refractivity contribution in [1.82, 2.24) is 5.32 Å². The lowest BCUT2D eigenvalue weighted by Crippen LogP contribution is -2.34. The van der Waals surface area contributed by atoms with Crippen molar-refractivity contribution < 1.29 is 19.4 Å². The number of hydrogen-bond acceptors (Lipinski definition) is 4. The fourth-order valence-corrected chi connectivity index (χ4v) is 2.25. The van der Waals surface area contributed by atoms with Crippen molar-refractivity contribution in [3.05, 3.63) is 21.9 Å². The molecular weight excluding hydrogens is 278 g/mol. The standard InChI is InChI=1S/C14H21NO4S/c1-9(2)6-7-19-10(3)13(16)15-8-11-4-5-12(20-11)14(17)18/h4-5,9-10H,6-8H2,1-3H3,(H,15,16)(H,17,18). The van der Waals surface area contributed by atoms with Crippen LogP contribution in [0.2, 0.25) is 0 Å². The average molecular weight is 299 g/mol. The Morgan fingerprint density at radius 2 is 2.05 bits per heavy atom. The zero-order valence-electron chi connectivity index (χ0n) is 12.0. The van der Waals surface area contributed by atoms with E-state index < -0.39 is 12.1 Å². The molecule has 0 aliphatic heterocycles. The maximum atomic E-state index is 11.8. The van der Waals surface area contributed by atoms with Crippen LogP contribution in [0, 0.1) is 5.92 Å². The Hall–Kier alpha value is -1.40. The van der Waals surface area contributed by atoms with E-state index in [9.17, 15) is 9.59 Å². The summed E-state index contributed by atoms with van der Waals surface area (Å²) in [5, 5.41) is 11.6. The van der Waals surface area contributed by atoms with Gasteiger partial charge in [0.2, 0.25) is 5.91 Å². The number of hydrogen-bond donors (Lipinski definition) is 2. The summed E-state index contributed by atoms with van der Waals surface area (Å²) in [7, 11) is 0. The third-order valence-corrected chi connectivity index (χ3v) is 3.81. The van der Waals surface area contributed by atoms with Crippen LogP contribution in [-0.2, 0) is 16.1 Å². The number of carbonyl (C=O) groups is 2. The van der Waals surface area contributed by atoms with Crippen LogP contribution >= 0.6 is 11.3 Å². The molecule has 0 saturated carbocycles. The largest absolute Gasteiger partial charge is 0.477 e. The van der Waals surface area contributed by atoms with Crippen LogP contribution in [0.25, 0.3) is 0 Å². The average Bonchev–Trinajstić information content (AvgIpc) is 2.84. The van der Waals surface area contributed by atoms with Gasteiger partial charge in [0.1, 0.15) is 11.0 Å². The molecule has 1 rings (SSSR count). The van der Waals surface area contributed by atoms with Gasteiger partial charge in [-0.1, -0.05) is 13.8 Å². The maximum absolute atomic E-state index is 11.8. The van der Waals surface area contributed by atoms with E-state index in [4.69, 9.17) is 9.84 Å². The highest BCUT2D eigenvalue weighted by molar-refractivity contribution is 7.13. The molecule has 0 radical (unpaired) electrons. The summed E-state index contributed by atoms with van der Waals surface area (Å²) in [5.74, 6) is -0.581. The topological polar surface area (TPSA) is 75.6 Å². The minimum atomic E-state index is -0.946. The second kappa shape index (κ2) is 8.01. The molecular formula is C14H21NO4S. The van der Waals surface area contributed by atoms with Gasteiger partial charge in [0.05, 0.1) is 6.54 Å². The fourth-order valence-electron chi connectivity index (χ4n) is 1.46. The van der Waals surface area contributed by atoms with Gasteiger partial charge in [-0.05, 0) is 31.4 Å². The van der Waals surface area contributed by atoms with E-state index in [1.807, 2.05) is 0 Å². The molecule has 0 spiro atoms. The first-order valence-electron chi connectivity index (χ1n) is 6.61. The summed E-state index contributed by atoms with van der Waals surface area (Å²) in [4.78, 5) is 23.6. The summed E-state index contributed by atoms with van der Waals surface area (Å²) >= 11 is 1.16. The molecule has 0 fully saturated rings. The van der Waals surface area contributed by atoms with Gasteiger partial charge in [-0.15, -0.1) is 11.3 Å². The van der Waals surface area contributed by atoms with Gasteiger partial charge in [0.25, 0.3) is 0 Å². The number of nitrogens with one attached hydrogen (secondary N) is 1. The molecule has 1 atom stereocenters. The van der Waals surface area contributed by atoms with Gasteiger partial charge in [0, 0.05) is 11.5 Å². The van der Waals surface area contributed by atoms with Crippen LogP contribution in [0.4, 0.5) is 0 Å². The number of rotatable bonds is 8. The van der Waals surface area contributed by atoms with Gasteiger partial charge >= 0.3 is 5.97 Å². The predicted octanol–water partition coefficient (Wildman–Crippen LogP) is 2.51. The molecule has 1 aromatic heterocycles. The number of carboxylic acids is 1. The molecule has 0 aliphatic carbocycles. The minimum absolute atomic E-state index is 0.181. The highest BCUT2D eigenvalue weighted by Gasteiger charge is 2.14. The molecule has 2 N–H and O–H groups in total. The Labute approximate surface area is 123 Å². The molecule has 20 heavy (non-hydrogen) atoms. The molecule has 0 saturated heterocycles. The van der Waals surface area contributed by atoms with E-state index >= 15 is 0 Å². The molecule has 0 aromatic carbocycles. The Bertz CT molecular complexity index is 456. The van der Waals surface area contributed by atoms with E-state index in [2.05, 4.69) is 19.2 Å². The van der Waals surface area contributed by atoms with Crippen LogP contribution in [0.15, 0.2) is 12.1 Å². The van der Waals surface area contributed by atoms with E-state index in [1.54, 1.807) is 13.0 Å². The molecule has 1 unspecified atom stereocenters. The summed E-state index contributed by atoms with van der Waals surface area (Å²) in [5.41, 5.74) is 0. The van der Waals surface area contributed by atoms with Crippen molar-refractivity contribution >= 4 is 23.2 Å². The zero-order chi connectivity index (χ0) is 15.1. The number of carbonyl (C=O) groups excluding carboxylic acids is 1. The Morgan fingerprint density at radius 3 is 2.60 bits per heavy atom. The van der Waals surface area contributed by atoms with Crippen LogP contribution in [0.3, 0.4) is 0 Å². The zero-order valence-corrected chi connectivity index (χ0v) is 12.8. The first kappa shape index (κ1) is 16.7. The molecule has 112 valence electrons. The van der Waals surface area contributed by atoms with Crippen LogP contribution in [0.1, 0.15) is 41.7 Å². The normalized spacial score (nSPS) is 12.4. The van der Waals surface area contributed by atoms with Crippen molar-refractivity contribution in [1.29, 1.82) is 0 Å². The lowest BCUT2D eigenvalue weighted by molar-refractivity contribution is -0.132.